The molecule has 2 heterocycles. The van der Waals surface area contributed by atoms with Gasteiger partial charge < -0.3 is 4.90 Å². The van der Waals surface area contributed by atoms with Crippen LogP contribution in [0.5, 0.6) is 0 Å². The van der Waals surface area contributed by atoms with Crippen molar-refractivity contribution >= 4 is 17.0 Å². The van der Waals surface area contributed by atoms with Gasteiger partial charge >= 0.3 is 0 Å². The van der Waals surface area contributed by atoms with Crippen molar-refractivity contribution in [3.05, 3.63) is 51.4 Å². The van der Waals surface area contributed by atoms with Gasteiger partial charge in [-0.25, -0.2) is 9.07 Å². The first-order valence-corrected chi connectivity index (χ1v) is 9.59. The molecule has 0 radical (unpaired) electrons. The maximum atomic E-state index is 13.6. The lowest BCUT2D eigenvalue weighted by Gasteiger charge is -2.23. The van der Waals surface area contributed by atoms with E-state index >= 15 is 0 Å². The van der Waals surface area contributed by atoms with Crippen molar-refractivity contribution in [1.29, 1.82) is 0 Å². The van der Waals surface area contributed by atoms with Crippen LogP contribution in [0.2, 0.25) is 0 Å². The fraction of sp³-hybridized carbons (Fsp3) is 0.476. The Hall–Kier alpha value is -2.70. The topological polar surface area (TPSA) is 66.8 Å². The third-order valence-electron chi connectivity index (χ3n) is 5.01. The number of nitrogens with one attached hydrogen (secondary N) is 1. The molecule has 0 amide bonds. The molecule has 3 rings (SSSR count). The smallest absolute Gasteiger partial charge is 0.263 e. The number of nitrogens with zero attached hydrogens (tertiary/aromatic N) is 4. The Labute approximate surface area is 164 Å². The van der Waals surface area contributed by atoms with Gasteiger partial charge in [-0.2, -0.15) is 10.1 Å². The molecule has 28 heavy (non-hydrogen) atoms. The highest BCUT2D eigenvalue weighted by Crippen LogP contribution is 2.31. The highest BCUT2D eigenvalue weighted by atomic mass is 19.1. The van der Waals surface area contributed by atoms with Gasteiger partial charge in [0.2, 0.25) is 5.95 Å². The van der Waals surface area contributed by atoms with Crippen LogP contribution >= 0.6 is 0 Å². The van der Waals surface area contributed by atoms with Gasteiger partial charge in [0.15, 0.2) is 5.65 Å². The zero-order valence-electron chi connectivity index (χ0n) is 17.3. The highest BCUT2D eigenvalue weighted by Gasteiger charge is 2.26. The summed E-state index contributed by atoms with van der Waals surface area (Å²) in [6, 6.07) is 8.24. The Balaban J connectivity index is 2.24. The van der Waals surface area contributed by atoms with Gasteiger partial charge in [0.05, 0.1) is 6.04 Å². The molecule has 0 fully saturated rings. The number of alkyl halides is 1. The lowest BCUT2D eigenvalue weighted by Crippen LogP contribution is -2.22. The van der Waals surface area contributed by atoms with Gasteiger partial charge in [-0.15, -0.1) is 0 Å². The molecule has 6 nitrogen and oxygen atoms in total. The number of aromatic nitrogens is 4. The number of H-pyrrole nitrogens is 1. The highest BCUT2D eigenvalue weighted by molar-refractivity contribution is 5.78. The number of anilines is 1. The molecule has 2 aromatic heterocycles. The number of hydrogen-bond donors (Lipinski definition) is 1. The maximum Gasteiger partial charge on any atom is 0.263 e. The van der Waals surface area contributed by atoms with Crippen LogP contribution in [0.3, 0.4) is 0 Å². The molecular formula is C21H28FN5O. The summed E-state index contributed by atoms with van der Waals surface area (Å²) in [7, 11) is 3.59. The number of benzene rings is 1. The molecule has 3 aromatic rings. The van der Waals surface area contributed by atoms with E-state index in [2.05, 4.69) is 67.0 Å². The third kappa shape index (κ3) is 3.53. The van der Waals surface area contributed by atoms with Gasteiger partial charge in [0, 0.05) is 14.1 Å². The van der Waals surface area contributed by atoms with Gasteiger partial charge in [-0.05, 0) is 23.0 Å². The quantitative estimate of drug-likeness (QED) is 0.696. The summed E-state index contributed by atoms with van der Waals surface area (Å²) in [4.78, 5) is 21.6. The first kappa shape index (κ1) is 20.0. The van der Waals surface area contributed by atoms with Crippen LogP contribution in [0.1, 0.15) is 56.5 Å². The number of halogens is 1. The van der Waals surface area contributed by atoms with E-state index in [-0.39, 0.29) is 28.6 Å². The van der Waals surface area contributed by atoms with E-state index in [1.807, 2.05) is 0 Å². The molecular weight excluding hydrogens is 357 g/mol. The summed E-state index contributed by atoms with van der Waals surface area (Å²) in [6.45, 7) is 7.67. The third-order valence-corrected chi connectivity index (χ3v) is 5.01. The number of fused-ring (bicyclic) bond motifs is 1. The summed E-state index contributed by atoms with van der Waals surface area (Å²) in [6.07, 6.45) is 0. The van der Waals surface area contributed by atoms with Crippen molar-refractivity contribution in [2.24, 2.45) is 5.92 Å². The summed E-state index contributed by atoms with van der Waals surface area (Å²) >= 11 is 0. The van der Waals surface area contributed by atoms with Crippen molar-refractivity contribution in [1.82, 2.24) is 19.7 Å². The zero-order chi connectivity index (χ0) is 20.6. The summed E-state index contributed by atoms with van der Waals surface area (Å²) < 4.78 is 15.4. The lowest BCUT2D eigenvalue weighted by atomic mass is 9.93. The van der Waals surface area contributed by atoms with E-state index in [1.54, 1.807) is 23.7 Å². The van der Waals surface area contributed by atoms with Crippen LogP contribution < -0.4 is 10.5 Å². The van der Waals surface area contributed by atoms with Crippen LogP contribution in [0, 0.1) is 5.92 Å². The van der Waals surface area contributed by atoms with Crippen molar-refractivity contribution < 1.29 is 4.39 Å². The molecule has 0 aliphatic carbocycles. The molecule has 7 heteroatoms. The van der Waals surface area contributed by atoms with Crippen molar-refractivity contribution in [3.63, 3.8) is 0 Å². The molecule has 0 saturated heterocycles. The summed E-state index contributed by atoms with van der Waals surface area (Å²) in [5.41, 5.74) is 2.48. The number of hydrogen-bond acceptors (Lipinski definition) is 4. The monoisotopic (exact) mass is 385 g/mol. The van der Waals surface area contributed by atoms with Gasteiger partial charge in [0.25, 0.3) is 5.56 Å². The Morgan fingerprint density at radius 3 is 2.21 bits per heavy atom. The van der Waals surface area contributed by atoms with Gasteiger partial charge in [-0.3, -0.25) is 9.78 Å². The van der Waals surface area contributed by atoms with E-state index in [4.69, 9.17) is 0 Å². The largest absolute Gasteiger partial charge is 0.348 e. The minimum absolute atomic E-state index is 0.124. The number of rotatable bonds is 6. The molecule has 0 bridgehead atoms. The standard InChI is InChI=1S/C21H28FN5O/c1-12(2)14-7-9-15(10-8-14)18(13(3)4)27-19-17(16(11-22)25-27)20(28)24-21(23-19)26(5)6/h7-10,12-13,18H,11H2,1-6H3,(H,23,24,28)/t18-/m1/s1. The SMILES string of the molecule is CC(C)c1ccc([C@@H](C(C)C)n2nc(CF)c3c(=O)[nH]c(N(C)C)nc32)cc1. The molecule has 1 aromatic carbocycles. The zero-order valence-corrected chi connectivity index (χ0v) is 17.3. The van der Waals surface area contributed by atoms with Gasteiger partial charge in [-0.1, -0.05) is 52.0 Å². The second-order valence-corrected chi connectivity index (χ2v) is 8.02. The molecule has 1 atom stereocenters. The minimum Gasteiger partial charge on any atom is -0.348 e. The van der Waals surface area contributed by atoms with Crippen molar-refractivity contribution in [2.75, 3.05) is 19.0 Å². The van der Waals surface area contributed by atoms with Crippen LogP contribution in [0.4, 0.5) is 10.3 Å². The molecule has 0 aliphatic rings. The first-order chi connectivity index (χ1) is 13.2. The van der Waals surface area contributed by atoms with Crippen LogP contribution in [-0.4, -0.2) is 33.8 Å². The Bertz CT molecular complexity index is 1020. The minimum atomic E-state index is -0.813. The van der Waals surface area contributed by atoms with E-state index in [9.17, 15) is 9.18 Å². The van der Waals surface area contributed by atoms with E-state index in [0.717, 1.165) is 5.56 Å². The average Bonchev–Trinajstić information content (AvgIpc) is 3.01. The molecule has 0 spiro atoms. The summed E-state index contributed by atoms with van der Waals surface area (Å²) in [5.74, 6) is 1.03. The molecule has 1 N–H and O–H groups in total. The predicted molar refractivity (Wildman–Crippen MR) is 111 cm³/mol. The second-order valence-electron chi connectivity index (χ2n) is 8.02. The summed E-state index contributed by atoms with van der Waals surface area (Å²) in [5, 5.41) is 4.69. The van der Waals surface area contributed by atoms with E-state index in [0.29, 0.717) is 17.5 Å². The van der Waals surface area contributed by atoms with Crippen molar-refractivity contribution in [3.8, 4) is 0 Å². The Morgan fingerprint density at radius 1 is 1.11 bits per heavy atom. The van der Waals surface area contributed by atoms with Gasteiger partial charge in [0.1, 0.15) is 17.8 Å². The first-order valence-electron chi connectivity index (χ1n) is 9.59. The van der Waals surface area contributed by atoms with Crippen molar-refractivity contribution in [2.45, 2.75) is 46.3 Å². The fourth-order valence-corrected chi connectivity index (χ4v) is 3.49. The molecule has 150 valence electrons. The number of aromatic amines is 1. The predicted octanol–water partition coefficient (Wildman–Crippen LogP) is 4.02. The fourth-order valence-electron chi connectivity index (χ4n) is 3.49. The lowest BCUT2D eigenvalue weighted by molar-refractivity contribution is 0.399. The van der Waals surface area contributed by atoms with E-state index < -0.39 is 6.67 Å². The van der Waals surface area contributed by atoms with Crippen LogP contribution in [0.25, 0.3) is 11.0 Å². The van der Waals surface area contributed by atoms with E-state index in [1.165, 1.54) is 5.56 Å². The normalized spacial score (nSPS) is 12.9. The second kappa shape index (κ2) is 7.73. The average molecular weight is 385 g/mol. The molecule has 0 saturated carbocycles. The van der Waals surface area contributed by atoms with Crippen LogP contribution in [0.15, 0.2) is 29.1 Å². The molecule has 0 unspecified atom stereocenters. The molecule has 0 aliphatic heterocycles. The van der Waals surface area contributed by atoms with Crippen LogP contribution in [-0.2, 0) is 6.67 Å². The maximum absolute atomic E-state index is 13.6. The Morgan fingerprint density at radius 2 is 1.71 bits per heavy atom. The Kier molecular flexibility index (Phi) is 5.54.